The molecule has 0 amide bonds. The zero-order chi connectivity index (χ0) is 12.4. The predicted octanol–water partition coefficient (Wildman–Crippen LogP) is 1.94. The van der Waals surface area contributed by atoms with E-state index in [1.165, 1.54) is 12.1 Å². The SMILES string of the molecule is CN(C)C1CCN(c2cc(F)ccc2N)CC1. The van der Waals surface area contributed by atoms with Gasteiger partial charge in [0.25, 0.3) is 0 Å². The molecule has 1 aliphatic rings. The first-order valence-corrected chi connectivity index (χ1v) is 6.04. The van der Waals surface area contributed by atoms with Crippen molar-refractivity contribution in [2.24, 2.45) is 0 Å². The van der Waals surface area contributed by atoms with Gasteiger partial charge in [0.15, 0.2) is 0 Å². The fourth-order valence-corrected chi connectivity index (χ4v) is 2.41. The first kappa shape index (κ1) is 12.2. The van der Waals surface area contributed by atoms with Gasteiger partial charge < -0.3 is 15.5 Å². The van der Waals surface area contributed by atoms with E-state index in [4.69, 9.17) is 5.73 Å². The third-order valence-electron chi connectivity index (χ3n) is 3.53. The third-order valence-corrected chi connectivity index (χ3v) is 3.53. The van der Waals surface area contributed by atoms with Gasteiger partial charge in [0.1, 0.15) is 5.82 Å². The summed E-state index contributed by atoms with van der Waals surface area (Å²) in [5.74, 6) is -0.219. The zero-order valence-electron chi connectivity index (χ0n) is 10.5. The monoisotopic (exact) mass is 237 g/mol. The van der Waals surface area contributed by atoms with E-state index in [1.807, 2.05) is 0 Å². The molecule has 1 aromatic carbocycles. The molecule has 0 bridgehead atoms. The number of nitrogen functional groups attached to an aromatic ring is 1. The van der Waals surface area contributed by atoms with Gasteiger partial charge in [0.05, 0.1) is 11.4 Å². The quantitative estimate of drug-likeness (QED) is 0.798. The maximum absolute atomic E-state index is 13.2. The van der Waals surface area contributed by atoms with Gasteiger partial charge in [-0.05, 0) is 45.1 Å². The van der Waals surface area contributed by atoms with Crippen molar-refractivity contribution in [3.05, 3.63) is 24.0 Å². The van der Waals surface area contributed by atoms with E-state index in [9.17, 15) is 4.39 Å². The molecule has 0 aromatic heterocycles. The van der Waals surface area contributed by atoms with Crippen molar-refractivity contribution in [1.82, 2.24) is 4.90 Å². The van der Waals surface area contributed by atoms with Crippen LogP contribution in [0.25, 0.3) is 0 Å². The largest absolute Gasteiger partial charge is 0.397 e. The maximum atomic E-state index is 13.2. The first-order valence-electron chi connectivity index (χ1n) is 6.04. The number of nitrogens with zero attached hydrogens (tertiary/aromatic N) is 2. The van der Waals surface area contributed by atoms with Gasteiger partial charge in [0.2, 0.25) is 0 Å². The van der Waals surface area contributed by atoms with Crippen molar-refractivity contribution < 1.29 is 4.39 Å². The van der Waals surface area contributed by atoms with Crippen LogP contribution < -0.4 is 10.6 Å². The Morgan fingerprint density at radius 1 is 1.29 bits per heavy atom. The van der Waals surface area contributed by atoms with Gasteiger partial charge in [-0.15, -0.1) is 0 Å². The number of rotatable bonds is 2. The van der Waals surface area contributed by atoms with E-state index in [0.29, 0.717) is 11.7 Å². The number of anilines is 2. The van der Waals surface area contributed by atoms with Gasteiger partial charge in [-0.25, -0.2) is 4.39 Å². The van der Waals surface area contributed by atoms with Crippen LogP contribution in [0.4, 0.5) is 15.8 Å². The molecule has 1 heterocycles. The maximum Gasteiger partial charge on any atom is 0.125 e. The second-order valence-electron chi connectivity index (χ2n) is 4.88. The van der Waals surface area contributed by atoms with Crippen molar-refractivity contribution >= 4 is 11.4 Å². The Hall–Kier alpha value is -1.29. The Morgan fingerprint density at radius 3 is 2.53 bits per heavy atom. The van der Waals surface area contributed by atoms with Crippen LogP contribution in [0.2, 0.25) is 0 Å². The summed E-state index contributed by atoms with van der Waals surface area (Å²) >= 11 is 0. The molecule has 0 unspecified atom stereocenters. The van der Waals surface area contributed by atoms with E-state index in [2.05, 4.69) is 23.9 Å². The number of nitrogens with two attached hydrogens (primary N) is 1. The summed E-state index contributed by atoms with van der Waals surface area (Å²) in [5.41, 5.74) is 7.39. The van der Waals surface area contributed by atoms with E-state index >= 15 is 0 Å². The van der Waals surface area contributed by atoms with Crippen LogP contribution in [0.1, 0.15) is 12.8 Å². The van der Waals surface area contributed by atoms with E-state index in [0.717, 1.165) is 31.6 Å². The summed E-state index contributed by atoms with van der Waals surface area (Å²) in [7, 11) is 4.22. The molecule has 0 spiro atoms. The van der Waals surface area contributed by atoms with Crippen molar-refractivity contribution in [2.45, 2.75) is 18.9 Å². The molecule has 1 aliphatic heterocycles. The normalized spacial score (nSPS) is 17.8. The van der Waals surface area contributed by atoms with Crippen LogP contribution in [0.5, 0.6) is 0 Å². The number of benzene rings is 1. The molecule has 0 aliphatic carbocycles. The van der Waals surface area contributed by atoms with Crippen LogP contribution in [0, 0.1) is 5.82 Å². The van der Waals surface area contributed by atoms with Gasteiger partial charge >= 0.3 is 0 Å². The molecule has 94 valence electrons. The third kappa shape index (κ3) is 2.69. The number of hydrogen-bond donors (Lipinski definition) is 1. The molecule has 2 N–H and O–H groups in total. The van der Waals surface area contributed by atoms with Crippen LogP contribution in [0.15, 0.2) is 18.2 Å². The van der Waals surface area contributed by atoms with Gasteiger partial charge in [-0.3, -0.25) is 0 Å². The first-order chi connectivity index (χ1) is 8.08. The lowest BCUT2D eigenvalue weighted by Crippen LogP contribution is -2.42. The minimum Gasteiger partial charge on any atom is -0.397 e. The fraction of sp³-hybridized carbons (Fsp3) is 0.538. The molecule has 1 saturated heterocycles. The van der Waals surface area contributed by atoms with Crippen LogP contribution >= 0.6 is 0 Å². The summed E-state index contributed by atoms with van der Waals surface area (Å²) in [6.07, 6.45) is 2.20. The molecule has 1 fully saturated rings. The highest BCUT2D eigenvalue weighted by Gasteiger charge is 2.21. The van der Waals surface area contributed by atoms with Gasteiger partial charge in [-0.1, -0.05) is 0 Å². The number of piperidine rings is 1. The molecule has 3 nitrogen and oxygen atoms in total. The van der Waals surface area contributed by atoms with Crippen LogP contribution in [-0.4, -0.2) is 38.1 Å². The average Bonchev–Trinajstić information content (AvgIpc) is 2.32. The molecule has 1 aromatic rings. The lowest BCUT2D eigenvalue weighted by molar-refractivity contribution is 0.249. The van der Waals surface area contributed by atoms with Crippen LogP contribution in [-0.2, 0) is 0 Å². The smallest absolute Gasteiger partial charge is 0.125 e. The summed E-state index contributed by atoms with van der Waals surface area (Å²) in [6.45, 7) is 1.88. The Kier molecular flexibility index (Phi) is 3.52. The molecular weight excluding hydrogens is 217 g/mol. The average molecular weight is 237 g/mol. The Balaban J connectivity index is 2.07. The second-order valence-corrected chi connectivity index (χ2v) is 4.88. The molecule has 0 saturated carbocycles. The van der Waals surface area contributed by atoms with E-state index in [1.54, 1.807) is 6.07 Å². The summed E-state index contributed by atoms with van der Waals surface area (Å²) < 4.78 is 13.2. The lowest BCUT2D eigenvalue weighted by Gasteiger charge is -2.36. The summed E-state index contributed by atoms with van der Waals surface area (Å²) in [5, 5.41) is 0. The van der Waals surface area contributed by atoms with E-state index in [-0.39, 0.29) is 5.82 Å². The zero-order valence-corrected chi connectivity index (χ0v) is 10.5. The second kappa shape index (κ2) is 4.92. The molecule has 2 rings (SSSR count). The summed E-state index contributed by atoms with van der Waals surface area (Å²) in [4.78, 5) is 4.44. The fourth-order valence-electron chi connectivity index (χ4n) is 2.41. The minimum atomic E-state index is -0.219. The molecule has 0 atom stereocenters. The Morgan fingerprint density at radius 2 is 1.94 bits per heavy atom. The highest BCUT2D eigenvalue weighted by atomic mass is 19.1. The topological polar surface area (TPSA) is 32.5 Å². The highest BCUT2D eigenvalue weighted by molar-refractivity contribution is 5.67. The van der Waals surface area contributed by atoms with Crippen molar-refractivity contribution in [2.75, 3.05) is 37.8 Å². The minimum absolute atomic E-state index is 0.219. The standard InChI is InChI=1S/C13H20FN3/c1-16(2)11-5-7-17(8-6-11)13-9-10(14)3-4-12(13)15/h3-4,9,11H,5-8,15H2,1-2H3. The molecule has 17 heavy (non-hydrogen) atoms. The van der Waals surface area contributed by atoms with Crippen molar-refractivity contribution in [3.8, 4) is 0 Å². The molecular formula is C13H20FN3. The predicted molar refractivity (Wildman–Crippen MR) is 69.7 cm³/mol. The van der Waals surface area contributed by atoms with Gasteiger partial charge in [0, 0.05) is 19.1 Å². The van der Waals surface area contributed by atoms with Gasteiger partial charge in [-0.2, -0.15) is 0 Å². The summed E-state index contributed by atoms with van der Waals surface area (Å²) in [6, 6.07) is 5.21. The molecule has 4 heteroatoms. The highest BCUT2D eigenvalue weighted by Crippen LogP contribution is 2.27. The van der Waals surface area contributed by atoms with E-state index < -0.39 is 0 Å². The Labute approximate surface area is 102 Å². The van der Waals surface area contributed by atoms with Crippen molar-refractivity contribution in [1.29, 1.82) is 0 Å². The number of halogens is 1. The number of hydrogen-bond acceptors (Lipinski definition) is 3. The lowest BCUT2D eigenvalue weighted by atomic mass is 10.0. The Bertz CT molecular complexity index is 384. The molecule has 0 radical (unpaired) electrons. The van der Waals surface area contributed by atoms with Crippen molar-refractivity contribution in [3.63, 3.8) is 0 Å². The van der Waals surface area contributed by atoms with Crippen LogP contribution in [0.3, 0.4) is 0 Å².